The van der Waals surface area contributed by atoms with Gasteiger partial charge < -0.3 is 19.8 Å². The van der Waals surface area contributed by atoms with Crippen LogP contribution in [0.25, 0.3) is 22.3 Å². The number of amides is 1. The van der Waals surface area contributed by atoms with Crippen LogP contribution in [0.1, 0.15) is 0 Å². The van der Waals surface area contributed by atoms with Crippen molar-refractivity contribution in [2.75, 3.05) is 19.0 Å². The number of aromatic nitrogens is 5. The highest BCUT2D eigenvalue weighted by atomic mass is 16.5. The zero-order valence-corrected chi connectivity index (χ0v) is 16.3. The zero-order chi connectivity index (χ0) is 20.9. The Balaban J connectivity index is 1.59. The highest BCUT2D eigenvalue weighted by Crippen LogP contribution is 2.29. The standard InChI is InChI=1S/C21H20N6O3/c1-3-18(28)25-15-5-4-6-16(9-15)30-19-12-23-21-20(26-19)17(11-22-21)14-10-24-27(13-14)7-8-29-2/h3-6,9-13H,1,7-8H2,2H3,(H,22,23)(H,25,28). The lowest BCUT2D eigenvalue weighted by Crippen LogP contribution is -2.07. The van der Waals surface area contributed by atoms with Crippen LogP contribution in [0.5, 0.6) is 11.6 Å². The molecule has 9 nitrogen and oxygen atoms in total. The van der Waals surface area contributed by atoms with Gasteiger partial charge in [-0.05, 0) is 18.2 Å². The topological polar surface area (TPSA) is 107 Å². The molecule has 0 spiro atoms. The number of nitrogens with zero attached hydrogens (tertiary/aromatic N) is 4. The van der Waals surface area contributed by atoms with Crippen LogP contribution in [0.2, 0.25) is 0 Å². The van der Waals surface area contributed by atoms with Gasteiger partial charge in [-0.2, -0.15) is 5.10 Å². The molecule has 1 aromatic carbocycles. The third kappa shape index (κ3) is 4.20. The molecule has 4 rings (SSSR count). The average Bonchev–Trinajstić information content (AvgIpc) is 3.38. The van der Waals surface area contributed by atoms with Crippen LogP contribution >= 0.6 is 0 Å². The number of nitrogens with one attached hydrogen (secondary N) is 2. The predicted molar refractivity (Wildman–Crippen MR) is 112 cm³/mol. The Kier molecular flexibility index (Phi) is 5.53. The van der Waals surface area contributed by atoms with Gasteiger partial charge >= 0.3 is 0 Å². The fraction of sp³-hybridized carbons (Fsp3) is 0.143. The van der Waals surface area contributed by atoms with Crippen LogP contribution in [-0.4, -0.2) is 44.4 Å². The van der Waals surface area contributed by atoms with Crippen molar-refractivity contribution < 1.29 is 14.3 Å². The number of aromatic amines is 1. The van der Waals surface area contributed by atoms with Gasteiger partial charge in [-0.3, -0.25) is 9.48 Å². The molecule has 0 saturated heterocycles. The number of H-pyrrole nitrogens is 1. The largest absolute Gasteiger partial charge is 0.437 e. The maximum Gasteiger partial charge on any atom is 0.247 e. The molecule has 0 bridgehead atoms. The fourth-order valence-corrected chi connectivity index (χ4v) is 2.91. The molecule has 1 amide bonds. The molecule has 2 N–H and O–H groups in total. The number of hydrogen-bond donors (Lipinski definition) is 2. The van der Waals surface area contributed by atoms with E-state index in [4.69, 9.17) is 9.47 Å². The first kappa shape index (κ1) is 19.3. The van der Waals surface area contributed by atoms with Gasteiger partial charge in [-0.1, -0.05) is 12.6 Å². The van der Waals surface area contributed by atoms with E-state index in [0.717, 1.165) is 11.1 Å². The molecular formula is C21H20N6O3. The molecule has 0 aliphatic carbocycles. The summed E-state index contributed by atoms with van der Waals surface area (Å²) in [7, 11) is 1.66. The molecule has 152 valence electrons. The van der Waals surface area contributed by atoms with E-state index in [1.165, 1.54) is 6.08 Å². The summed E-state index contributed by atoms with van der Waals surface area (Å²) in [6.07, 6.45) is 8.30. The SMILES string of the molecule is C=CC(=O)Nc1cccc(Oc2cnc3[nH]cc(-c4cnn(CCOC)c4)c3n2)c1. The first-order chi connectivity index (χ1) is 14.7. The summed E-state index contributed by atoms with van der Waals surface area (Å²) in [6, 6.07) is 7.00. The summed E-state index contributed by atoms with van der Waals surface area (Å²) in [6.45, 7) is 4.69. The number of carbonyl (C=O) groups is 1. The lowest BCUT2D eigenvalue weighted by Gasteiger charge is -2.07. The minimum atomic E-state index is -0.295. The van der Waals surface area contributed by atoms with Crippen molar-refractivity contribution in [3.05, 3.63) is 61.7 Å². The average molecular weight is 404 g/mol. The van der Waals surface area contributed by atoms with Crippen LogP contribution in [0, 0.1) is 0 Å². The number of ether oxygens (including phenoxy) is 2. The molecule has 0 atom stereocenters. The van der Waals surface area contributed by atoms with Gasteiger partial charge in [-0.25, -0.2) is 9.97 Å². The molecular weight excluding hydrogens is 384 g/mol. The van der Waals surface area contributed by atoms with E-state index in [2.05, 4.69) is 31.9 Å². The van der Waals surface area contributed by atoms with E-state index in [1.54, 1.807) is 43.8 Å². The smallest absolute Gasteiger partial charge is 0.247 e. The second-order valence-corrected chi connectivity index (χ2v) is 6.42. The van der Waals surface area contributed by atoms with Gasteiger partial charge in [-0.15, -0.1) is 0 Å². The van der Waals surface area contributed by atoms with Gasteiger partial charge in [0.1, 0.15) is 11.3 Å². The molecule has 0 unspecified atom stereocenters. The van der Waals surface area contributed by atoms with Crippen LogP contribution < -0.4 is 10.1 Å². The summed E-state index contributed by atoms with van der Waals surface area (Å²) in [5, 5.41) is 7.04. The number of carbonyl (C=O) groups excluding carboxylic acids is 1. The molecule has 9 heteroatoms. The second kappa shape index (κ2) is 8.58. The van der Waals surface area contributed by atoms with E-state index in [0.29, 0.717) is 41.6 Å². The summed E-state index contributed by atoms with van der Waals surface area (Å²) >= 11 is 0. The molecule has 0 aliphatic heterocycles. The lowest BCUT2D eigenvalue weighted by molar-refractivity contribution is -0.111. The van der Waals surface area contributed by atoms with E-state index in [1.807, 2.05) is 17.1 Å². The lowest BCUT2D eigenvalue weighted by atomic mass is 10.2. The third-order valence-corrected chi connectivity index (χ3v) is 4.34. The van der Waals surface area contributed by atoms with E-state index < -0.39 is 0 Å². The minimum absolute atomic E-state index is 0.295. The fourth-order valence-electron chi connectivity index (χ4n) is 2.91. The van der Waals surface area contributed by atoms with Crippen molar-refractivity contribution >= 4 is 22.8 Å². The normalized spacial score (nSPS) is 10.8. The number of hydrogen-bond acceptors (Lipinski definition) is 6. The van der Waals surface area contributed by atoms with Crippen molar-refractivity contribution in [3.8, 4) is 22.8 Å². The Morgan fingerprint density at radius 1 is 1.37 bits per heavy atom. The van der Waals surface area contributed by atoms with Crippen LogP contribution in [-0.2, 0) is 16.1 Å². The quantitative estimate of drug-likeness (QED) is 0.436. The van der Waals surface area contributed by atoms with Crippen LogP contribution in [0.15, 0.2) is 61.7 Å². The number of fused-ring (bicyclic) bond motifs is 1. The second-order valence-electron chi connectivity index (χ2n) is 6.42. The van der Waals surface area contributed by atoms with Gasteiger partial charge in [0.25, 0.3) is 0 Å². The summed E-state index contributed by atoms with van der Waals surface area (Å²) in [5.41, 5.74) is 3.71. The zero-order valence-electron chi connectivity index (χ0n) is 16.3. The van der Waals surface area contributed by atoms with Crippen molar-refractivity contribution in [1.29, 1.82) is 0 Å². The van der Waals surface area contributed by atoms with E-state index >= 15 is 0 Å². The molecule has 0 aliphatic rings. The summed E-state index contributed by atoms with van der Waals surface area (Å²) < 4.78 is 12.8. The number of rotatable bonds is 8. The maximum absolute atomic E-state index is 11.5. The highest BCUT2D eigenvalue weighted by Gasteiger charge is 2.13. The first-order valence-electron chi connectivity index (χ1n) is 9.23. The molecule has 3 heterocycles. The molecule has 4 aromatic rings. The Morgan fingerprint density at radius 2 is 2.27 bits per heavy atom. The predicted octanol–water partition coefficient (Wildman–Crippen LogP) is 3.38. The highest BCUT2D eigenvalue weighted by molar-refractivity contribution is 5.99. The van der Waals surface area contributed by atoms with Crippen LogP contribution in [0.3, 0.4) is 0 Å². The summed E-state index contributed by atoms with van der Waals surface area (Å²) in [5.74, 6) is 0.564. The van der Waals surface area contributed by atoms with Gasteiger partial charge in [0, 0.05) is 42.4 Å². The molecule has 0 radical (unpaired) electrons. The van der Waals surface area contributed by atoms with Gasteiger partial charge in [0.2, 0.25) is 11.8 Å². The Labute approximate surface area is 172 Å². The minimum Gasteiger partial charge on any atom is -0.437 e. The Morgan fingerprint density at radius 3 is 3.10 bits per heavy atom. The number of methoxy groups -OCH3 is 1. The van der Waals surface area contributed by atoms with Crippen LogP contribution in [0.4, 0.5) is 5.69 Å². The first-order valence-corrected chi connectivity index (χ1v) is 9.23. The Bertz CT molecular complexity index is 1200. The molecule has 30 heavy (non-hydrogen) atoms. The van der Waals surface area contributed by atoms with E-state index in [9.17, 15) is 4.79 Å². The number of benzene rings is 1. The summed E-state index contributed by atoms with van der Waals surface area (Å²) in [4.78, 5) is 23.6. The maximum atomic E-state index is 11.5. The van der Waals surface area contributed by atoms with Gasteiger partial charge in [0.15, 0.2) is 5.65 Å². The van der Waals surface area contributed by atoms with E-state index in [-0.39, 0.29) is 5.91 Å². The number of anilines is 1. The van der Waals surface area contributed by atoms with Gasteiger partial charge in [0.05, 0.1) is 25.5 Å². The Hall–Kier alpha value is -3.98. The molecule has 0 saturated carbocycles. The third-order valence-electron chi connectivity index (χ3n) is 4.34. The van der Waals surface area contributed by atoms with Crippen molar-refractivity contribution in [3.63, 3.8) is 0 Å². The van der Waals surface area contributed by atoms with Crippen molar-refractivity contribution in [2.45, 2.75) is 6.54 Å². The van der Waals surface area contributed by atoms with Crippen molar-refractivity contribution in [1.82, 2.24) is 24.7 Å². The van der Waals surface area contributed by atoms with Crippen molar-refractivity contribution in [2.24, 2.45) is 0 Å². The molecule has 0 fully saturated rings. The molecule has 3 aromatic heterocycles. The monoisotopic (exact) mass is 404 g/mol.